The normalized spacial score (nSPS) is 10.4. The van der Waals surface area contributed by atoms with E-state index in [1.165, 1.54) is 0 Å². The highest BCUT2D eigenvalue weighted by atomic mass is 16.5. The molecule has 0 aliphatic carbocycles. The molecule has 132 valence electrons. The predicted octanol–water partition coefficient (Wildman–Crippen LogP) is 4.84. The molecule has 0 radical (unpaired) electrons. The number of hydrogen-bond acceptors (Lipinski definition) is 4. The van der Waals surface area contributed by atoms with Crippen LogP contribution in [0.15, 0.2) is 48.8 Å². The third-order valence-corrected chi connectivity index (χ3v) is 4.04. The fraction of sp³-hybridized carbons (Fsp3) is 0.381. The molecule has 0 unspecified atom stereocenters. The standard InChI is InChI=1S/C21H25NO3/c1-2-25-21(24)10-6-4-3-5-9-20(23)18-13-11-17(12-14-18)19-8-7-15-22-16-19/h7-8,11-16H,2-6,9-10H2,1H3. The van der Waals surface area contributed by atoms with E-state index in [2.05, 4.69) is 4.98 Å². The molecule has 25 heavy (non-hydrogen) atoms. The minimum Gasteiger partial charge on any atom is -0.466 e. The third-order valence-electron chi connectivity index (χ3n) is 4.04. The average molecular weight is 339 g/mol. The van der Waals surface area contributed by atoms with Crippen molar-refractivity contribution in [1.82, 2.24) is 4.98 Å². The zero-order valence-electron chi connectivity index (χ0n) is 14.7. The van der Waals surface area contributed by atoms with Crippen LogP contribution >= 0.6 is 0 Å². The van der Waals surface area contributed by atoms with Crippen LogP contribution in [-0.4, -0.2) is 23.3 Å². The van der Waals surface area contributed by atoms with Crippen molar-refractivity contribution < 1.29 is 14.3 Å². The molecule has 0 atom stereocenters. The second-order valence-corrected chi connectivity index (χ2v) is 5.96. The van der Waals surface area contributed by atoms with Gasteiger partial charge in [0.1, 0.15) is 0 Å². The average Bonchev–Trinajstić information content (AvgIpc) is 2.65. The molecule has 0 aliphatic rings. The summed E-state index contributed by atoms with van der Waals surface area (Å²) in [5, 5.41) is 0. The molecule has 4 nitrogen and oxygen atoms in total. The molecule has 4 heteroatoms. The molecular formula is C21H25NO3. The number of unbranched alkanes of at least 4 members (excludes halogenated alkanes) is 3. The number of ether oxygens (including phenoxy) is 1. The van der Waals surface area contributed by atoms with Crippen LogP contribution in [0, 0.1) is 0 Å². The summed E-state index contributed by atoms with van der Waals surface area (Å²) in [5.41, 5.74) is 2.85. The predicted molar refractivity (Wildman–Crippen MR) is 98.3 cm³/mol. The summed E-state index contributed by atoms with van der Waals surface area (Å²) in [6.07, 6.45) is 8.16. The fourth-order valence-corrected chi connectivity index (χ4v) is 2.67. The van der Waals surface area contributed by atoms with E-state index in [0.717, 1.165) is 42.4 Å². The summed E-state index contributed by atoms with van der Waals surface area (Å²) in [5.74, 6) is 0.0374. The van der Waals surface area contributed by atoms with Gasteiger partial charge in [-0.25, -0.2) is 0 Å². The summed E-state index contributed by atoms with van der Waals surface area (Å²) in [6, 6.07) is 11.6. The minimum atomic E-state index is -0.132. The molecule has 0 N–H and O–H groups in total. The van der Waals surface area contributed by atoms with Crippen LogP contribution in [0.4, 0.5) is 0 Å². The number of ketones is 1. The first-order valence-corrected chi connectivity index (χ1v) is 8.90. The molecule has 0 amide bonds. The zero-order valence-corrected chi connectivity index (χ0v) is 14.7. The molecule has 1 aromatic heterocycles. The van der Waals surface area contributed by atoms with Crippen LogP contribution in [0.5, 0.6) is 0 Å². The molecule has 0 bridgehead atoms. The second kappa shape index (κ2) is 10.4. The molecule has 0 fully saturated rings. The van der Waals surface area contributed by atoms with Gasteiger partial charge in [0.2, 0.25) is 0 Å². The largest absolute Gasteiger partial charge is 0.466 e. The SMILES string of the molecule is CCOC(=O)CCCCCCC(=O)c1ccc(-c2cccnc2)cc1. The summed E-state index contributed by atoms with van der Waals surface area (Å²) < 4.78 is 4.89. The van der Waals surface area contributed by atoms with E-state index in [1.54, 1.807) is 6.20 Å². The maximum atomic E-state index is 12.2. The van der Waals surface area contributed by atoms with Crippen LogP contribution in [0.1, 0.15) is 55.8 Å². The monoisotopic (exact) mass is 339 g/mol. The Hall–Kier alpha value is -2.49. The van der Waals surface area contributed by atoms with E-state index in [-0.39, 0.29) is 11.8 Å². The lowest BCUT2D eigenvalue weighted by atomic mass is 10.0. The highest BCUT2D eigenvalue weighted by molar-refractivity contribution is 5.96. The number of pyridine rings is 1. The van der Waals surface area contributed by atoms with Gasteiger partial charge in [-0.05, 0) is 37.0 Å². The maximum absolute atomic E-state index is 12.2. The van der Waals surface area contributed by atoms with Crippen molar-refractivity contribution in [2.24, 2.45) is 0 Å². The van der Waals surface area contributed by atoms with Crippen LogP contribution in [-0.2, 0) is 9.53 Å². The second-order valence-electron chi connectivity index (χ2n) is 5.96. The van der Waals surface area contributed by atoms with E-state index < -0.39 is 0 Å². The first-order chi connectivity index (χ1) is 12.2. The van der Waals surface area contributed by atoms with Crippen molar-refractivity contribution in [3.8, 4) is 11.1 Å². The van der Waals surface area contributed by atoms with E-state index in [0.29, 0.717) is 19.4 Å². The lowest BCUT2D eigenvalue weighted by Gasteiger charge is -2.05. The van der Waals surface area contributed by atoms with Gasteiger partial charge in [-0.2, -0.15) is 0 Å². The number of carbonyl (C=O) groups excluding carboxylic acids is 2. The lowest BCUT2D eigenvalue weighted by Crippen LogP contribution is -2.03. The van der Waals surface area contributed by atoms with Crippen LogP contribution in [0.2, 0.25) is 0 Å². The molecule has 0 saturated heterocycles. The summed E-state index contributed by atoms with van der Waals surface area (Å²) >= 11 is 0. The number of Topliss-reactive ketones (excluding diaryl/α,β-unsaturated/α-hetero) is 1. The minimum absolute atomic E-state index is 0.132. The molecule has 1 aromatic carbocycles. The highest BCUT2D eigenvalue weighted by Gasteiger charge is 2.07. The highest BCUT2D eigenvalue weighted by Crippen LogP contribution is 2.19. The van der Waals surface area contributed by atoms with E-state index in [4.69, 9.17) is 4.74 Å². The van der Waals surface area contributed by atoms with Crippen LogP contribution in [0.3, 0.4) is 0 Å². The Bertz CT molecular complexity index is 665. The molecule has 2 aromatic rings. The van der Waals surface area contributed by atoms with Gasteiger partial charge < -0.3 is 4.74 Å². The topological polar surface area (TPSA) is 56.3 Å². The van der Waals surface area contributed by atoms with Crippen molar-refractivity contribution >= 4 is 11.8 Å². The van der Waals surface area contributed by atoms with Crippen molar-refractivity contribution in [1.29, 1.82) is 0 Å². The third kappa shape index (κ3) is 6.49. The van der Waals surface area contributed by atoms with Gasteiger partial charge >= 0.3 is 5.97 Å². The first kappa shape index (κ1) is 18.8. The fourth-order valence-electron chi connectivity index (χ4n) is 2.67. The van der Waals surface area contributed by atoms with Crippen molar-refractivity contribution in [2.45, 2.75) is 45.4 Å². The van der Waals surface area contributed by atoms with Crippen molar-refractivity contribution in [3.63, 3.8) is 0 Å². The Balaban J connectivity index is 1.70. The van der Waals surface area contributed by atoms with Gasteiger partial charge in [0, 0.05) is 30.8 Å². The Labute approximate surface area is 149 Å². The van der Waals surface area contributed by atoms with Crippen molar-refractivity contribution in [3.05, 3.63) is 54.4 Å². The maximum Gasteiger partial charge on any atom is 0.305 e. The number of benzene rings is 1. The summed E-state index contributed by atoms with van der Waals surface area (Å²) in [6.45, 7) is 2.25. The van der Waals surface area contributed by atoms with Gasteiger partial charge in [-0.1, -0.05) is 43.2 Å². The Morgan fingerprint density at radius 3 is 2.28 bits per heavy atom. The number of carbonyl (C=O) groups is 2. The van der Waals surface area contributed by atoms with Gasteiger partial charge in [0.15, 0.2) is 5.78 Å². The first-order valence-electron chi connectivity index (χ1n) is 8.90. The zero-order chi connectivity index (χ0) is 17.9. The molecule has 0 saturated carbocycles. The van der Waals surface area contributed by atoms with Crippen molar-refractivity contribution in [2.75, 3.05) is 6.61 Å². The molecule has 2 rings (SSSR count). The molecular weight excluding hydrogens is 314 g/mol. The van der Waals surface area contributed by atoms with Gasteiger partial charge in [-0.15, -0.1) is 0 Å². The van der Waals surface area contributed by atoms with E-state index in [1.807, 2.05) is 49.5 Å². The Morgan fingerprint density at radius 1 is 0.920 bits per heavy atom. The van der Waals surface area contributed by atoms with E-state index in [9.17, 15) is 9.59 Å². The molecule has 0 aliphatic heterocycles. The van der Waals surface area contributed by atoms with Gasteiger partial charge in [0.05, 0.1) is 6.61 Å². The molecule has 0 spiro atoms. The number of esters is 1. The van der Waals surface area contributed by atoms with Crippen LogP contribution < -0.4 is 0 Å². The lowest BCUT2D eigenvalue weighted by molar-refractivity contribution is -0.143. The molecule has 1 heterocycles. The van der Waals surface area contributed by atoms with Gasteiger partial charge in [-0.3, -0.25) is 14.6 Å². The quantitative estimate of drug-likeness (QED) is 0.353. The number of hydrogen-bond donors (Lipinski definition) is 0. The van der Waals surface area contributed by atoms with E-state index >= 15 is 0 Å². The Morgan fingerprint density at radius 2 is 1.64 bits per heavy atom. The number of nitrogens with zero attached hydrogens (tertiary/aromatic N) is 1. The smallest absolute Gasteiger partial charge is 0.305 e. The Kier molecular flexibility index (Phi) is 7.83. The summed E-state index contributed by atoms with van der Waals surface area (Å²) in [4.78, 5) is 27.6. The summed E-state index contributed by atoms with van der Waals surface area (Å²) in [7, 11) is 0. The number of aromatic nitrogens is 1. The van der Waals surface area contributed by atoms with Gasteiger partial charge in [0.25, 0.3) is 0 Å². The van der Waals surface area contributed by atoms with Crippen LogP contribution in [0.25, 0.3) is 11.1 Å². The number of rotatable bonds is 10.